The molecule has 18 heavy (non-hydrogen) atoms. The summed E-state index contributed by atoms with van der Waals surface area (Å²) >= 11 is 7.27. The maximum atomic E-state index is 12.0. The fourth-order valence-corrected chi connectivity index (χ4v) is 3.55. The Morgan fingerprint density at radius 3 is 2.72 bits per heavy atom. The molecular weight excluding hydrogens is 270 g/mol. The molecule has 2 rings (SSSR count). The molecular formula is C13H18ClNO2S. The van der Waals surface area contributed by atoms with E-state index >= 15 is 0 Å². The van der Waals surface area contributed by atoms with Gasteiger partial charge in [-0.3, -0.25) is 4.79 Å². The van der Waals surface area contributed by atoms with E-state index in [1.54, 1.807) is 11.4 Å². The van der Waals surface area contributed by atoms with Crippen LogP contribution < -0.4 is 5.32 Å². The summed E-state index contributed by atoms with van der Waals surface area (Å²) in [4.78, 5) is 12.5. The molecule has 100 valence electrons. The fraction of sp³-hybridized carbons (Fsp3) is 0.615. The van der Waals surface area contributed by atoms with Gasteiger partial charge in [-0.1, -0.05) is 30.9 Å². The van der Waals surface area contributed by atoms with Crippen molar-refractivity contribution >= 4 is 28.8 Å². The van der Waals surface area contributed by atoms with Gasteiger partial charge in [0.1, 0.15) is 4.88 Å². The van der Waals surface area contributed by atoms with Crippen molar-refractivity contribution in [3.8, 4) is 0 Å². The molecule has 1 aliphatic rings. The molecule has 2 N–H and O–H groups in total. The van der Waals surface area contributed by atoms with Gasteiger partial charge in [-0.2, -0.15) is 0 Å². The first-order valence-corrected chi connectivity index (χ1v) is 7.55. The maximum Gasteiger partial charge on any atom is 0.262 e. The van der Waals surface area contributed by atoms with Crippen LogP contribution in [0.3, 0.4) is 0 Å². The van der Waals surface area contributed by atoms with Gasteiger partial charge >= 0.3 is 0 Å². The Hall–Kier alpha value is -0.580. The lowest BCUT2D eigenvalue weighted by atomic mass is 9.74. The second-order valence-corrected chi connectivity index (χ2v) is 6.32. The third kappa shape index (κ3) is 3.05. The topological polar surface area (TPSA) is 49.3 Å². The van der Waals surface area contributed by atoms with E-state index in [1.807, 2.05) is 0 Å². The largest absolute Gasteiger partial charge is 0.396 e. The number of amides is 1. The van der Waals surface area contributed by atoms with E-state index in [-0.39, 0.29) is 17.9 Å². The molecule has 1 aromatic rings. The van der Waals surface area contributed by atoms with Crippen molar-refractivity contribution in [1.82, 2.24) is 5.32 Å². The number of aliphatic hydroxyl groups excluding tert-OH is 1. The van der Waals surface area contributed by atoms with Crippen molar-refractivity contribution in [1.29, 1.82) is 0 Å². The van der Waals surface area contributed by atoms with Crippen LogP contribution in [0.15, 0.2) is 11.4 Å². The van der Waals surface area contributed by atoms with Gasteiger partial charge in [0.25, 0.3) is 5.91 Å². The molecule has 0 atom stereocenters. The van der Waals surface area contributed by atoms with Gasteiger partial charge in [0.05, 0.1) is 11.6 Å². The Kier molecular flexibility index (Phi) is 4.65. The summed E-state index contributed by atoms with van der Waals surface area (Å²) in [6.45, 7) is 0.683. The Labute approximate surface area is 116 Å². The van der Waals surface area contributed by atoms with Crippen LogP contribution >= 0.6 is 22.9 Å². The number of halogens is 1. The Balaban J connectivity index is 1.94. The van der Waals surface area contributed by atoms with Gasteiger partial charge in [-0.25, -0.2) is 0 Å². The van der Waals surface area contributed by atoms with Gasteiger partial charge in [0.15, 0.2) is 0 Å². The van der Waals surface area contributed by atoms with Crippen molar-refractivity contribution in [3.05, 3.63) is 21.3 Å². The van der Waals surface area contributed by atoms with E-state index < -0.39 is 0 Å². The lowest BCUT2D eigenvalue weighted by Crippen LogP contribution is -2.41. The standard InChI is InChI=1S/C13H18ClNO2S/c14-10-4-7-18-11(10)12(17)15-8-13(9-16)5-2-1-3-6-13/h4,7,16H,1-3,5-6,8-9H2,(H,15,17). The van der Waals surface area contributed by atoms with Crippen LogP contribution in [-0.2, 0) is 0 Å². The molecule has 1 amide bonds. The zero-order valence-electron chi connectivity index (χ0n) is 10.2. The predicted molar refractivity (Wildman–Crippen MR) is 74.3 cm³/mol. The van der Waals surface area contributed by atoms with E-state index in [0.717, 1.165) is 25.7 Å². The number of hydrogen-bond donors (Lipinski definition) is 2. The summed E-state index contributed by atoms with van der Waals surface area (Å²) in [7, 11) is 0. The molecule has 0 saturated heterocycles. The minimum Gasteiger partial charge on any atom is -0.396 e. The fourth-order valence-electron chi connectivity index (χ4n) is 2.50. The van der Waals surface area contributed by atoms with Gasteiger partial charge in [-0.05, 0) is 24.3 Å². The summed E-state index contributed by atoms with van der Waals surface area (Å²) in [6, 6.07) is 1.73. The van der Waals surface area contributed by atoms with E-state index in [0.29, 0.717) is 16.4 Å². The van der Waals surface area contributed by atoms with Crippen LogP contribution in [0.25, 0.3) is 0 Å². The molecule has 0 aliphatic heterocycles. The number of carbonyl (C=O) groups is 1. The average molecular weight is 288 g/mol. The van der Waals surface area contributed by atoms with E-state index in [2.05, 4.69) is 5.32 Å². The van der Waals surface area contributed by atoms with Crippen molar-refractivity contribution < 1.29 is 9.90 Å². The minimum absolute atomic E-state index is 0.127. The zero-order valence-corrected chi connectivity index (χ0v) is 11.8. The Bertz CT molecular complexity index is 413. The molecule has 0 bridgehead atoms. The smallest absolute Gasteiger partial charge is 0.262 e. The number of hydrogen-bond acceptors (Lipinski definition) is 3. The van der Waals surface area contributed by atoms with Gasteiger partial charge in [-0.15, -0.1) is 11.3 Å². The SMILES string of the molecule is O=C(NCC1(CO)CCCCC1)c1sccc1Cl. The first-order valence-electron chi connectivity index (χ1n) is 6.29. The normalized spacial score (nSPS) is 18.6. The van der Waals surface area contributed by atoms with Crippen molar-refractivity contribution in [2.24, 2.45) is 5.41 Å². The number of carbonyl (C=O) groups excluding carboxylic acids is 1. The van der Waals surface area contributed by atoms with Crippen molar-refractivity contribution in [2.75, 3.05) is 13.2 Å². The molecule has 1 saturated carbocycles. The summed E-state index contributed by atoms with van der Waals surface area (Å²) in [5, 5.41) is 14.8. The molecule has 1 heterocycles. The molecule has 0 spiro atoms. The molecule has 5 heteroatoms. The van der Waals surface area contributed by atoms with Crippen molar-refractivity contribution in [3.63, 3.8) is 0 Å². The summed E-state index contributed by atoms with van der Waals surface area (Å²) in [5.74, 6) is -0.131. The maximum absolute atomic E-state index is 12.0. The Morgan fingerprint density at radius 1 is 1.44 bits per heavy atom. The highest BCUT2D eigenvalue weighted by atomic mass is 35.5. The summed E-state index contributed by atoms with van der Waals surface area (Å²) in [5.41, 5.74) is -0.127. The van der Waals surface area contributed by atoms with Gasteiger partial charge in [0, 0.05) is 12.0 Å². The molecule has 0 radical (unpaired) electrons. The van der Waals surface area contributed by atoms with Crippen LogP contribution in [0, 0.1) is 5.41 Å². The molecule has 1 aromatic heterocycles. The predicted octanol–water partition coefficient (Wildman–Crippen LogP) is 3.07. The third-order valence-corrected chi connectivity index (χ3v) is 5.04. The number of nitrogens with one attached hydrogen (secondary N) is 1. The lowest BCUT2D eigenvalue weighted by molar-refractivity contribution is 0.0720. The zero-order chi connectivity index (χ0) is 13.0. The van der Waals surface area contributed by atoms with E-state index in [9.17, 15) is 9.90 Å². The first kappa shape index (κ1) is 13.8. The van der Waals surface area contributed by atoms with Crippen molar-refractivity contribution in [2.45, 2.75) is 32.1 Å². The van der Waals surface area contributed by atoms with Crippen LogP contribution in [0.5, 0.6) is 0 Å². The van der Waals surface area contributed by atoms with Crippen LogP contribution in [0.2, 0.25) is 5.02 Å². The lowest BCUT2D eigenvalue weighted by Gasteiger charge is -2.35. The second kappa shape index (κ2) is 6.04. The van der Waals surface area contributed by atoms with Crippen LogP contribution in [-0.4, -0.2) is 24.2 Å². The summed E-state index contributed by atoms with van der Waals surface area (Å²) in [6.07, 6.45) is 5.47. The van der Waals surface area contributed by atoms with E-state index in [1.165, 1.54) is 17.8 Å². The molecule has 1 fully saturated rings. The highest BCUT2D eigenvalue weighted by Gasteiger charge is 2.32. The number of thiophene rings is 1. The second-order valence-electron chi connectivity index (χ2n) is 5.00. The molecule has 3 nitrogen and oxygen atoms in total. The molecule has 0 aromatic carbocycles. The number of rotatable bonds is 4. The first-order chi connectivity index (χ1) is 8.67. The summed E-state index contributed by atoms with van der Waals surface area (Å²) < 4.78 is 0. The van der Waals surface area contributed by atoms with E-state index in [4.69, 9.17) is 11.6 Å². The highest BCUT2D eigenvalue weighted by Crippen LogP contribution is 2.35. The van der Waals surface area contributed by atoms with Gasteiger partial charge < -0.3 is 10.4 Å². The van der Waals surface area contributed by atoms with Crippen LogP contribution in [0.1, 0.15) is 41.8 Å². The van der Waals surface area contributed by atoms with Crippen LogP contribution in [0.4, 0.5) is 0 Å². The molecule has 1 aliphatic carbocycles. The monoisotopic (exact) mass is 287 g/mol. The highest BCUT2D eigenvalue weighted by molar-refractivity contribution is 7.12. The van der Waals surface area contributed by atoms with Gasteiger partial charge in [0.2, 0.25) is 0 Å². The minimum atomic E-state index is -0.131. The average Bonchev–Trinajstić information content (AvgIpc) is 2.83. The quantitative estimate of drug-likeness (QED) is 0.894. The third-order valence-electron chi connectivity index (χ3n) is 3.70. The molecule has 0 unspecified atom stereocenters. The number of aliphatic hydroxyl groups is 1. The Morgan fingerprint density at radius 2 is 2.17 bits per heavy atom.